The van der Waals surface area contributed by atoms with Gasteiger partial charge in [-0.3, -0.25) is 0 Å². The van der Waals surface area contributed by atoms with Crippen LogP contribution in [0.4, 0.5) is 4.79 Å². The van der Waals surface area contributed by atoms with Crippen molar-refractivity contribution in [3.8, 4) is 0 Å². The van der Waals surface area contributed by atoms with E-state index in [1.54, 1.807) is 36.4 Å². The summed E-state index contributed by atoms with van der Waals surface area (Å²) in [5.41, 5.74) is -0.942. The van der Waals surface area contributed by atoms with Crippen LogP contribution >= 0.6 is 0 Å². The molecule has 0 aromatic heterocycles. The van der Waals surface area contributed by atoms with Gasteiger partial charge in [-0.25, -0.2) is 9.59 Å². The fourth-order valence-electron chi connectivity index (χ4n) is 1.82. The Morgan fingerprint density at radius 1 is 1.40 bits per heavy atom. The first-order valence-corrected chi connectivity index (χ1v) is 6.42. The lowest BCUT2D eigenvalue weighted by atomic mass is 9.92. The van der Waals surface area contributed by atoms with Gasteiger partial charge in [-0.15, -0.1) is 6.58 Å². The number of nitrogens with one attached hydrogen (secondary N) is 1. The Hall–Kier alpha value is -2.30. The zero-order valence-electron chi connectivity index (χ0n) is 11.8. The van der Waals surface area contributed by atoms with Gasteiger partial charge in [0.1, 0.15) is 0 Å². The summed E-state index contributed by atoms with van der Waals surface area (Å²) >= 11 is 0. The summed E-state index contributed by atoms with van der Waals surface area (Å²) in [5.74, 6) is -1.10. The van der Waals surface area contributed by atoms with E-state index in [-0.39, 0.29) is 0 Å². The number of amides is 2. The van der Waals surface area contributed by atoms with Crippen LogP contribution in [0.15, 0.2) is 43.0 Å². The maximum atomic E-state index is 12.2. The summed E-state index contributed by atoms with van der Waals surface area (Å²) in [5, 5.41) is 12.1. The standard InChI is InChI=1S/C15H20N2O3/c1-4-11-17(5-2)14(20)16-15(3,13(18)19)12-9-7-6-8-10-12/h4,6-10H,1,5,11H2,2-3H3,(H,16,20)(H,18,19). The van der Waals surface area contributed by atoms with Crippen molar-refractivity contribution in [2.45, 2.75) is 19.4 Å². The maximum Gasteiger partial charge on any atom is 0.333 e. The molecule has 0 saturated heterocycles. The average Bonchev–Trinajstić information content (AvgIpc) is 2.45. The largest absolute Gasteiger partial charge is 0.479 e. The number of urea groups is 1. The van der Waals surface area contributed by atoms with Gasteiger partial charge in [0.15, 0.2) is 5.54 Å². The number of hydrogen-bond acceptors (Lipinski definition) is 2. The molecular formula is C15H20N2O3. The number of rotatable bonds is 6. The van der Waals surface area contributed by atoms with Gasteiger partial charge < -0.3 is 15.3 Å². The van der Waals surface area contributed by atoms with Crippen LogP contribution in [0.3, 0.4) is 0 Å². The van der Waals surface area contributed by atoms with Gasteiger partial charge in [0.2, 0.25) is 0 Å². The number of aliphatic carboxylic acids is 1. The number of likely N-dealkylation sites (N-methyl/N-ethyl adjacent to an activating group) is 1. The summed E-state index contributed by atoms with van der Waals surface area (Å²) < 4.78 is 0. The van der Waals surface area contributed by atoms with Crippen molar-refractivity contribution in [3.63, 3.8) is 0 Å². The number of carbonyl (C=O) groups excluding carboxylic acids is 1. The second-order valence-electron chi connectivity index (χ2n) is 4.55. The first-order chi connectivity index (χ1) is 9.45. The van der Waals surface area contributed by atoms with E-state index >= 15 is 0 Å². The van der Waals surface area contributed by atoms with Gasteiger partial charge in [-0.1, -0.05) is 36.4 Å². The Kier molecular flexibility index (Phi) is 5.32. The highest BCUT2D eigenvalue weighted by molar-refractivity contribution is 5.87. The van der Waals surface area contributed by atoms with Gasteiger partial charge >= 0.3 is 12.0 Å². The predicted molar refractivity (Wildman–Crippen MR) is 77.4 cm³/mol. The molecule has 5 nitrogen and oxygen atoms in total. The molecule has 0 aliphatic carbocycles. The smallest absolute Gasteiger partial charge is 0.333 e. The van der Waals surface area contributed by atoms with Gasteiger partial charge in [0.05, 0.1) is 0 Å². The quantitative estimate of drug-likeness (QED) is 0.783. The fraction of sp³-hybridized carbons (Fsp3) is 0.333. The van der Waals surface area contributed by atoms with Crippen molar-refractivity contribution in [2.75, 3.05) is 13.1 Å². The molecule has 0 aliphatic heterocycles. The highest BCUT2D eigenvalue weighted by Gasteiger charge is 2.37. The van der Waals surface area contributed by atoms with E-state index in [1.165, 1.54) is 11.8 Å². The molecule has 0 radical (unpaired) electrons. The second-order valence-corrected chi connectivity index (χ2v) is 4.55. The van der Waals surface area contributed by atoms with E-state index in [2.05, 4.69) is 11.9 Å². The van der Waals surface area contributed by atoms with Gasteiger partial charge in [-0.05, 0) is 19.4 Å². The van der Waals surface area contributed by atoms with Crippen LogP contribution in [-0.4, -0.2) is 35.1 Å². The van der Waals surface area contributed by atoms with E-state index < -0.39 is 17.5 Å². The lowest BCUT2D eigenvalue weighted by Crippen LogP contribution is -2.54. The second kappa shape index (κ2) is 6.75. The van der Waals surface area contributed by atoms with Gasteiger partial charge in [-0.2, -0.15) is 0 Å². The molecule has 1 aromatic rings. The molecule has 5 heteroatoms. The molecule has 0 bridgehead atoms. The topological polar surface area (TPSA) is 69.6 Å². The van der Waals surface area contributed by atoms with E-state index in [0.717, 1.165) is 0 Å². The van der Waals surface area contributed by atoms with Crippen molar-refractivity contribution in [2.24, 2.45) is 0 Å². The molecular weight excluding hydrogens is 256 g/mol. The number of carbonyl (C=O) groups is 2. The predicted octanol–water partition coefficient (Wildman–Crippen LogP) is 2.20. The van der Waals surface area contributed by atoms with Crippen LogP contribution < -0.4 is 5.32 Å². The minimum absolute atomic E-state index is 0.368. The molecule has 2 N–H and O–H groups in total. The van der Waals surface area contributed by atoms with Crippen molar-refractivity contribution in [1.29, 1.82) is 0 Å². The molecule has 20 heavy (non-hydrogen) atoms. The maximum absolute atomic E-state index is 12.2. The molecule has 0 spiro atoms. The van der Waals surface area contributed by atoms with Crippen LogP contribution in [0.25, 0.3) is 0 Å². The van der Waals surface area contributed by atoms with Crippen molar-refractivity contribution >= 4 is 12.0 Å². The molecule has 2 amide bonds. The fourth-order valence-corrected chi connectivity index (χ4v) is 1.82. The zero-order valence-corrected chi connectivity index (χ0v) is 11.8. The lowest BCUT2D eigenvalue weighted by Gasteiger charge is -2.30. The number of nitrogens with zero attached hydrogens (tertiary/aromatic N) is 1. The monoisotopic (exact) mass is 276 g/mol. The summed E-state index contributed by atoms with van der Waals surface area (Å²) in [6, 6.07) is 8.20. The van der Waals surface area contributed by atoms with E-state index in [1.807, 2.05) is 6.92 Å². The molecule has 0 saturated carbocycles. The third-order valence-corrected chi connectivity index (χ3v) is 3.15. The van der Waals surface area contributed by atoms with Crippen molar-refractivity contribution < 1.29 is 14.7 Å². The number of carboxylic acids is 1. The molecule has 1 unspecified atom stereocenters. The number of carboxylic acid groups (broad SMARTS) is 1. The van der Waals surface area contributed by atoms with Gasteiger partial charge in [0.25, 0.3) is 0 Å². The Bertz CT molecular complexity index is 487. The van der Waals surface area contributed by atoms with Crippen LogP contribution in [0.1, 0.15) is 19.4 Å². The number of hydrogen-bond donors (Lipinski definition) is 2. The van der Waals surface area contributed by atoms with Crippen LogP contribution in [0.2, 0.25) is 0 Å². The van der Waals surface area contributed by atoms with E-state index in [0.29, 0.717) is 18.7 Å². The zero-order chi connectivity index (χ0) is 15.2. The third-order valence-electron chi connectivity index (χ3n) is 3.15. The Balaban J connectivity index is 3.01. The lowest BCUT2D eigenvalue weighted by molar-refractivity contribution is -0.144. The van der Waals surface area contributed by atoms with E-state index in [4.69, 9.17) is 0 Å². The molecule has 1 rings (SSSR count). The molecule has 0 aliphatic rings. The molecule has 0 fully saturated rings. The minimum atomic E-state index is -1.47. The normalized spacial score (nSPS) is 13.1. The molecule has 1 aromatic carbocycles. The Morgan fingerprint density at radius 3 is 2.45 bits per heavy atom. The summed E-state index contributed by atoms with van der Waals surface area (Å²) in [6.07, 6.45) is 1.60. The Morgan fingerprint density at radius 2 is 2.00 bits per heavy atom. The van der Waals surface area contributed by atoms with Crippen LogP contribution in [0.5, 0.6) is 0 Å². The van der Waals surface area contributed by atoms with E-state index in [9.17, 15) is 14.7 Å². The molecule has 0 heterocycles. The summed E-state index contributed by atoms with van der Waals surface area (Å²) in [4.78, 5) is 25.2. The van der Waals surface area contributed by atoms with Gasteiger partial charge in [0, 0.05) is 13.1 Å². The third kappa shape index (κ3) is 3.38. The van der Waals surface area contributed by atoms with Crippen molar-refractivity contribution in [3.05, 3.63) is 48.6 Å². The van der Waals surface area contributed by atoms with Crippen molar-refractivity contribution in [1.82, 2.24) is 10.2 Å². The molecule has 108 valence electrons. The van der Waals surface area contributed by atoms with Crippen LogP contribution in [-0.2, 0) is 10.3 Å². The summed E-state index contributed by atoms with van der Waals surface area (Å²) in [6.45, 7) is 7.72. The Labute approximate surface area is 118 Å². The highest BCUT2D eigenvalue weighted by atomic mass is 16.4. The first-order valence-electron chi connectivity index (χ1n) is 6.42. The van der Waals surface area contributed by atoms with Crippen LogP contribution in [0, 0.1) is 0 Å². The number of benzene rings is 1. The minimum Gasteiger partial charge on any atom is -0.479 e. The SMILES string of the molecule is C=CCN(CC)C(=O)NC(C)(C(=O)O)c1ccccc1. The first kappa shape index (κ1) is 15.8. The molecule has 1 atom stereocenters. The highest BCUT2D eigenvalue weighted by Crippen LogP contribution is 2.21. The average molecular weight is 276 g/mol. The summed E-state index contributed by atoms with van der Waals surface area (Å²) in [7, 11) is 0.